The molecule has 0 amide bonds. The summed E-state index contributed by atoms with van der Waals surface area (Å²) in [5.41, 5.74) is 1.45. The van der Waals surface area contributed by atoms with Crippen molar-refractivity contribution < 1.29 is 9.32 Å². The third-order valence-electron chi connectivity index (χ3n) is 4.62. The Morgan fingerprint density at radius 3 is 2.15 bits per heavy atom. The van der Waals surface area contributed by atoms with Gasteiger partial charge in [0.25, 0.3) is 0 Å². The van der Waals surface area contributed by atoms with E-state index >= 15 is 0 Å². The maximum absolute atomic E-state index is 12.8. The van der Waals surface area contributed by atoms with Crippen LogP contribution in [0.3, 0.4) is 0 Å². The summed E-state index contributed by atoms with van der Waals surface area (Å²) in [5.74, 6) is -0.180. The van der Waals surface area contributed by atoms with Crippen LogP contribution in [0.4, 0.5) is 0 Å². The van der Waals surface area contributed by atoms with Gasteiger partial charge in [0.05, 0.1) is 5.39 Å². The minimum atomic E-state index is -0.180. The molecule has 0 bridgehead atoms. The van der Waals surface area contributed by atoms with Crippen molar-refractivity contribution in [2.45, 2.75) is 0 Å². The lowest BCUT2D eigenvalue weighted by molar-refractivity contribution is 0.103. The number of nitrogens with zero attached hydrogens (tertiary/aromatic N) is 1. The fraction of sp³-hybridized carbons (Fsp3) is 0. The van der Waals surface area contributed by atoms with E-state index in [9.17, 15) is 4.79 Å². The van der Waals surface area contributed by atoms with Gasteiger partial charge in [-0.1, -0.05) is 41.0 Å². The number of fused-ring (bicyclic) bond motifs is 3. The number of rotatable bonds is 2. The first-order valence-corrected chi connectivity index (χ1v) is 8.59. The quantitative estimate of drug-likeness (QED) is 0.286. The van der Waals surface area contributed by atoms with Gasteiger partial charge in [-0.05, 0) is 70.1 Å². The molecule has 5 aromatic rings. The van der Waals surface area contributed by atoms with Gasteiger partial charge in [-0.2, -0.15) is 0 Å². The topological polar surface area (TPSA) is 43.1 Å². The van der Waals surface area contributed by atoms with E-state index in [4.69, 9.17) is 16.1 Å². The molecule has 0 aliphatic rings. The minimum absolute atomic E-state index is 0.180. The van der Waals surface area contributed by atoms with Crippen LogP contribution in [0.15, 0.2) is 77.3 Å². The summed E-state index contributed by atoms with van der Waals surface area (Å²) in [6.07, 6.45) is 0. The van der Waals surface area contributed by atoms with E-state index < -0.39 is 0 Å². The predicted molar refractivity (Wildman–Crippen MR) is 104 cm³/mol. The Balaban J connectivity index is 1.71. The molecule has 0 aliphatic heterocycles. The zero-order valence-electron chi connectivity index (χ0n) is 13.6. The van der Waals surface area contributed by atoms with Crippen molar-refractivity contribution in [1.82, 2.24) is 5.16 Å². The Bertz CT molecular complexity index is 1300. The molecule has 0 atom stereocenters. The van der Waals surface area contributed by atoms with Crippen LogP contribution in [0, 0.1) is 0 Å². The second-order valence-corrected chi connectivity index (χ2v) is 6.70. The predicted octanol–water partition coefficient (Wildman–Crippen LogP) is 6.02. The van der Waals surface area contributed by atoms with Crippen LogP contribution in [0.2, 0.25) is 5.02 Å². The molecular formula is C22H12ClNO2. The molecule has 1 heterocycles. The first-order chi connectivity index (χ1) is 12.7. The molecule has 4 heteroatoms. The highest BCUT2D eigenvalue weighted by atomic mass is 35.5. The van der Waals surface area contributed by atoms with E-state index in [0.717, 1.165) is 21.5 Å². The van der Waals surface area contributed by atoms with Gasteiger partial charge in [0, 0.05) is 10.6 Å². The molecule has 4 aromatic carbocycles. The zero-order chi connectivity index (χ0) is 17.7. The molecular weight excluding hydrogens is 346 g/mol. The lowest BCUT2D eigenvalue weighted by Gasteiger charge is -2.03. The zero-order valence-corrected chi connectivity index (χ0v) is 14.3. The number of ketones is 1. The number of hydrogen-bond acceptors (Lipinski definition) is 3. The number of carbonyl (C=O) groups excluding carboxylic acids is 1. The highest BCUT2D eigenvalue weighted by Gasteiger charge is 2.18. The van der Waals surface area contributed by atoms with E-state index in [1.807, 2.05) is 24.3 Å². The highest BCUT2D eigenvalue weighted by molar-refractivity contribution is 6.30. The number of halogens is 1. The van der Waals surface area contributed by atoms with Crippen molar-refractivity contribution in [1.29, 1.82) is 0 Å². The Kier molecular flexibility index (Phi) is 3.30. The van der Waals surface area contributed by atoms with Gasteiger partial charge >= 0.3 is 0 Å². The Morgan fingerprint density at radius 1 is 0.808 bits per heavy atom. The Hall–Kier alpha value is -3.17. The molecule has 0 N–H and O–H groups in total. The number of hydrogen-bond donors (Lipinski definition) is 0. The highest BCUT2D eigenvalue weighted by Crippen LogP contribution is 2.30. The van der Waals surface area contributed by atoms with Crippen molar-refractivity contribution in [3.8, 4) is 0 Å². The Morgan fingerprint density at radius 2 is 1.46 bits per heavy atom. The number of benzene rings is 4. The van der Waals surface area contributed by atoms with E-state index in [1.165, 1.54) is 0 Å². The first kappa shape index (κ1) is 15.1. The molecule has 3 nitrogen and oxygen atoms in total. The summed E-state index contributed by atoms with van der Waals surface area (Å²) in [6, 6.07) is 23.1. The van der Waals surface area contributed by atoms with Crippen molar-refractivity contribution in [2.24, 2.45) is 0 Å². The van der Waals surface area contributed by atoms with E-state index in [2.05, 4.69) is 29.4 Å². The van der Waals surface area contributed by atoms with Gasteiger partial charge in [-0.25, -0.2) is 0 Å². The molecule has 0 unspecified atom stereocenters. The minimum Gasteiger partial charge on any atom is -0.356 e. The molecule has 0 spiro atoms. The second-order valence-electron chi connectivity index (χ2n) is 6.26. The molecule has 0 saturated heterocycles. The lowest BCUT2D eigenvalue weighted by atomic mass is 10.00. The van der Waals surface area contributed by atoms with Gasteiger partial charge in [0.15, 0.2) is 11.3 Å². The van der Waals surface area contributed by atoms with Crippen LogP contribution in [-0.2, 0) is 0 Å². The summed E-state index contributed by atoms with van der Waals surface area (Å²) in [4.78, 5) is 12.8. The largest absolute Gasteiger partial charge is 0.356 e. The SMILES string of the molecule is O=C(c1ccc(Cl)cc1)c1noc2cc3cc4ccccc4cc3cc12. The van der Waals surface area contributed by atoms with Gasteiger partial charge in [-0.3, -0.25) is 4.79 Å². The molecule has 5 rings (SSSR count). The van der Waals surface area contributed by atoms with Gasteiger partial charge in [0.2, 0.25) is 5.78 Å². The van der Waals surface area contributed by atoms with E-state index in [1.54, 1.807) is 24.3 Å². The molecule has 1 aromatic heterocycles. The molecule has 0 fully saturated rings. The molecule has 0 saturated carbocycles. The van der Waals surface area contributed by atoms with E-state index in [0.29, 0.717) is 27.2 Å². The van der Waals surface area contributed by atoms with Crippen molar-refractivity contribution in [3.05, 3.63) is 89.1 Å². The first-order valence-electron chi connectivity index (χ1n) is 8.21. The Labute approximate surface area is 153 Å². The lowest BCUT2D eigenvalue weighted by Crippen LogP contribution is -2.01. The van der Waals surface area contributed by atoms with Crippen LogP contribution >= 0.6 is 11.6 Å². The van der Waals surface area contributed by atoms with Crippen molar-refractivity contribution >= 4 is 49.9 Å². The van der Waals surface area contributed by atoms with Gasteiger partial charge in [0.1, 0.15) is 0 Å². The van der Waals surface area contributed by atoms with Crippen LogP contribution < -0.4 is 0 Å². The summed E-state index contributed by atoms with van der Waals surface area (Å²) in [7, 11) is 0. The molecule has 0 aliphatic carbocycles. The average Bonchev–Trinajstić information content (AvgIpc) is 3.07. The summed E-state index contributed by atoms with van der Waals surface area (Å²) < 4.78 is 5.44. The van der Waals surface area contributed by atoms with Gasteiger partial charge in [-0.15, -0.1) is 0 Å². The van der Waals surface area contributed by atoms with Crippen LogP contribution in [0.25, 0.3) is 32.5 Å². The van der Waals surface area contributed by atoms with Crippen molar-refractivity contribution in [2.75, 3.05) is 0 Å². The fourth-order valence-corrected chi connectivity index (χ4v) is 3.40. The third kappa shape index (κ3) is 2.37. The van der Waals surface area contributed by atoms with Gasteiger partial charge < -0.3 is 4.52 Å². The van der Waals surface area contributed by atoms with Crippen molar-refractivity contribution in [3.63, 3.8) is 0 Å². The van der Waals surface area contributed by atoms with Crippen LogP contribution in [0.1, 0.15) is 16.1 Å². The van der Waals surface area contributed by atoms with Crippen LogP contribution in [-0.4, -0.2) is 10.9 Å². The molecule has 0 radical (unpaired) electrons. The number of aromatic nitrogens is 1. The smallest absolute Gasteiger partial charge is 0.215 e. The summed E-state index contributed by atoms with van der Waals surface area (Å²) >= 11 is 5.90. The third-order valence-corrected chi connectivity index (χ3v) is 4.87. The van der Waals surface area contributed by atoms with Crippen LogP contribution in [0.5, 0.6) is 0 Å². The maximum Gasteiger partial charge on any atom is 0.215 e. The van der Waals surface area contributed by atoms with E-state index in [-0.39, 0.29) is 5.78 Å². The normalized spacial score (nSPS) is 11.4. The maximum atomic E-state index is 12.8. The monoisotopic (exact) mass is 357 g/mol. The summed E-state index contributed by atoms with van der Waals surface area (Å²) in [5, 5.41) is 9.75. The number of carbonyl (C=O) groups is 1. The fourth-order valence-electron chi connectivity index (χ4n) is 3.28. The average molecular weight is 358 g/mol. The summed E-state index contributed by atoms with van der Waals surface area (Å²) in [6.45, 7) is 0. The molecule has 26 heavy (non-hydrogen) atoms. The second kappa shape index (κ2) is 5.68. The molecule has 124 valence electrons. The standard InChI is InChI=1S/C22H12ClNO2/c23-18-7-5-13(6-8-18)22(25)21-19-11-16-9-14-3-1-2-4-15(14)10-17(16)12-20(19)26-24-21/h1-12H.